The largest absolute Gasteiger partial charge is 0.484 e. The number of aliphatic hydroxyl groups excluding tert-OH is 1. The molecule has 1 aliphatic carbocycles. The Kier molecular flexibility index (Phi) is 4.67. The number of carbonyl (C=O) groups is 1. The molecule has 0 unspecified atom stereocenters. The van der Waals surface area contributed by atoms with Crippen LogP contribution < -0.4 is 4.74 Å². The van der Waals surface area contributed by atoms with Crippen LogP contribution in [0.4, 0.5) is 0 Å². The van der Waals surface area contributed by atoms with Gasteiger partial charge in [0.1, 0.15) is 17.3 Å². The Labute approximate surface area is 135 Å². The molecule has 1 aliphatic rings. The van der Waals surface area contributed by atoms with E-state index in [0.717, 1.165) is 29.9 Å². The molecule has 1 heterocycles. The molecule has 1 aromatic heterocycles. The van der Waals surface area contributed by atoms with Gasteiger partial charge in [-0.1, -0.05) is 12.1 Å². The molecule has 0 bridgehead atoms. The van der Waals surface area contributed by atoms with Crippen molar-refractivity contribution in [1.29, 1.82) is 0 Å². The highest BCUT2D eigenvalue weighted by molar-refractivity contribution is 5.78. The van der Waals surface area contributed by atoms with Crippen molar-refractivity contribution in [2.45, 2.75) is 39.0 Å². The predicted molar refractivity (Wildman–Crippen MR) is 84.9 cm³/mol. The smallest absolute Gasteiger partial charge is 0.261 e. The lowest BCUT2D eigenvalue weighted by molar-refractivity contribution is -0.134. The summed E-state index contributed by atoms with van der Waals surface area (Å²) in [4.78, 5) is 14.3. The van der Waals surface area contributed by atoms with Crippen LogP contribution in [-0.4, -0.2) is 28.6 Å². The van der Waals surface area contributed by atoms with Crippen molar-refractivity contribution in [3.63, 3.8) is 0 Å². The molecule has 1 fully saturated rings. The van der Waals surface area contributed by atoms with E-state index in [-0.39, 0.29) is 19.1 Å². The lowest BCUT2D eigenvalue weighted by atomic mass is 10.2. The number of rotatable bonds is 7. The summed E-state index contributed by atoms with van der Waals surface area (Å²) in [5.74, 6) is 2.19. The summed E-state index contributed by atoms with van der Waals surface area (Å²) < 4.78 is 11.2. The molecule has 2 aromatic rings. The van der Waals surface area contributed by atoms with Gasteiger partial charge in [0, 0.05) is 6.04 Å². The average Bonchev–Trinajstić information content (AvgIpc) is 3.32. The number of amides is 1. The number of hydrogen-bond acceptors (Lipinski definition) is 4. The Morgan fingerprint density at radius 2 is 2.17 bits per heavy atom. The molecule has 0 saturated heterocycles. The van der Waals surface area contributed by atoms with Gasteiger partial charge in [-0.2, -0.15) is 0 Å². The van der Waals surface area contributed by atoms with Crippen LogP contribution in [0, 0.1) is 6.92 Å². The van der Waals surface area contributed by atoms with Crippen molar-refractivity contribution in [3.8, 4) is 5.75 Å². The van der Waals surface area contributed by atoms with Gasteiger partial charge in [-0.25, -0.2) is 0 Å². The molecular weight excluding hydrogens is 294 g/mol. The lowest BCUT2D eigenvalue weighted by Crippen LogP contribution is -2.36. The van der Waals surface area contributed by atoms with Gasteiger partial charge in [-0.05, 0) is 49.6 Å². The Hall–Kier alpha value is -2.27. The van der Waals surface area contributed by atoms with E-state index in [1.54, 1.807) is 18.2 Å². The summed E-state index contributed by atoms with van der Waals surface area (Å²) in [6.07, 6.45) is 2.07. The molecule has 1 aromatic carbocycles. The van der Waals surface area contributed by atoms with Crippen LogP contribution in [0.25, 0.3) is 0 Å². The van der Waals surface area contributed by atoms with Gasteiger partial charge < -0.3 is 19.2 Å². The standard InChI is InChI=1S/C18H21NO4/c1-13-5-8-17(23-13)10-19(15-6-7-15)18(21)12-22-16-4-2-3-14(9-16)11-20/h2-5,8-9,15,20H,6-7,10-12H2,1H3. The Bertz CT molecular complexity index is 675. The molecule has 0 spiro atoms. The normalized spacial score (nSPS) is 13.8. The van der Waals surface area contributed by atoms with Gasteiger partial charge in [0.15, 0.2) is 6.61 Å². The SMILES string of the molecule is Cc1ccc(CN(C(=O)COc2cccc(CO)c2)C2CC2)o1. The van der Waals surface area contributed by atoms with Crippen LogP contribution in [0.15, 0.2) is 40.8 Å². The zero-order chi connectivity index (χ0) is 16.2. The first-order chi connectivity index (χ1) is 11.2. The first-order valence-electron chi connectivity index (χ1n) is 7.83. The van der Waals surface area contributed by atoms with Crippen molar-refractivity contribution in [3.05, 3.63) is 53.5 Å². The highest BCUT2D eigenvalue weighted by Crippen LogP contribution is 2.29. The van der Waals surface area contributed by atoms with Crippen molar-refractivity contribution in [2.75, 3.05) is 6.61 Å². The van der Waals surface area contributed by atoms with Gasteiger partial charge in [-0.15, -0.1) is 0 Å². The number of aliphatic hydroxyl groups is 1. The summed E-state index contributed by atoms with van der Waals surface area (Å²) >= 11 is 0. The molecule has 0 radical (unpaired) electrons. The maximum absolute atomic E-state index is 12.5. The summed E-state index contributed by atoms with van der Waals surface area (Å²) in [5.41, 5.74) is 0.764. The third kappa shape index (κ3) is 4.13. The fourth-order valence-corrected chi connectivity index (χ4v) is 2.51. The van der Waals surface area contributed by atoms with E-state index in [0.29, 0.717) is 18.3 Å². The number of ether oxygens (including phenoxy) is 1. The predicted octanol–water partition coefficient (Wildman–Crippen LogP) is 2.65. The Balaban J connectivity index is 1.60. The molecule has 5 heteroatoms. The molecule has 3 rings (SSSR count). The minimum absolute atomic E-state index is 0.00886. The molecule has 1 saturated carbocycles. The zero-order valence-electron chi connectivity index (χ0n) is 13.2. The molecule has 5 nitrogen and oxygen atoms in total. The van der Waals surface area contributed by atoms with Gasteiger partial charge >= 0.3 is 0 Å². The quantitative estimate of drug-likeness (QED) is 0.853. The van der Waals surface area contributed by atoms with Crippen molar-refractivity contribution in [2.24, 2.45) is 0 Å². The highest BCUT2D eigenvalue weighted by atomic mass is 16.5. The summed E-state index contributed by atoms with van der Waals surface area (Å²) in [7, 11) is 0. The molecule has 0 aliphatic heterocycles. The average molecular weight is 315 g/mol. The number of hydrogen-bond donors (Lipinski definition) is 1. The lowest BCUT2D eigenvalue weighted by Gasteiger charge is -2.21. The molecule has 23 heavy (non-hydrogen) atoms. The minimum Gasteiger partial charge on any atom is -0.484 e. The van der Waals surface area contributed by atoms with Crippen LogP contribution in [0.5, 0.6) is 5.75 Å². The molecule has 122 valence electrons. The molecule has 1 N–H and O–H groups in total. The van der Waals surface area contributed by atoms with Gasteiger partial charge in [0.2, 0.25) is 0 Å². The molecule has 1 amide bonds. The fraction of sp³-hybridized carbons (Fsp3) is 0.389. The second-order valence-electron chi connectivity index (χ2n) is 5.86. The van der Waals surface area contributed by atoms with E-state index < -0.39 is 0 Å². The monoisotopic (exact) mass is 315 g/mol. The third-order valence-electron chi connectivity index (χ3n) is 3.87. The van der Waals surface area contributed by atoms with E-state index in [1.165, 1.54) is 0 Å². The van der Waals surface area contributed by atoms with E-state index in [9.17, 15) is 4.79 Å². The maximum Gasteiger partial charge on any atom is 0.261 e. The van der Waals surface area contributed by atoms with Gasteiger partial charge in [0.25, 0.3) is 5.91 Å². The van der Waals surface area contributed by atoms with Crippen LogP contribution in [0.3, 0.4) is 0 Å². The van der Waals surface area contributed by atoms with Crippen LogP contribution in [0.1, 0.15) is 29.9 Å². The summed E-state index contributed by atoms with van der Waals surface area (Å²) in [6, 6.07) is 11.2. The second-order valence-corrected chi connectivity index (χ2v) is 5.86. The number of aryl methyl sites for hydroxylation is 1. The first-order valence-corrected chi connectivity index (χ1v) is 7.83. The van der Waals surface area contributed by atoms with Crippen LogP contribution in [0.2, 0.25) is 0 Å². The fourth-order valence-electron chi connectivity index (χ4n) is 2.51. The summed E-state index contributed by atoms with van der Waals surface area (Å²) in [5, 5.41) is 9.13. The van der Waals surface area contributed by atoms with E-state index in [1.807, 2.05) is 30.0 Å². The summed E-state index contributed by atoms with van der Waals surface area (Å²) in [6.45, 7) is 2.32. The first kappa shape index (κ1) is 15.6. The second kappa shape index (κ2) is 6.87. The number of benzene rings is 1. The third-order valence-corrected chi connectivity index (χ3v) is 3.87. The van der Waals surface area contributed by atoms with Crippen LogP contribution >= 0.6 is 0 Å². The van der Waals surface area contributed by atoms with E-state index >= 15 is 0 Å². The van der Waals surface area contributed by atoms with Gasteiger partial charge in [-0.3, -0.25) is 4.79 Å². The van der Waals surface area contributed by atoms with Crippen molar-refractivity contribution in [1.82, 2.24) is 4.90 Å². The van der Waals surface area contributed by atoms with E-state index in [4.69, 9.17) is 14.3 Å². The molecule has 0 atom stereocenters. The number of carbonyl (C=O) groups excluding carboxylic acids is 1. The Morgan fingerprint density at radius 3 is 2.83 bits per heavy atom. The maximum atomic E-state index is 12.5. The van der Waals surface area contributed by atoms with Crippen molar-refractivity contribution < 1.29 is 19.1 Å². The van der Waals surface area contributed by atoms with Crippen molar-refractivity contribution >= 4 is 5.91 Å². The highest BCUT2D eigenvalue weighted by Gasteiger charge is 2.33. The molecular formula is C18H21NO4. The zero-order valence-corrected chi connectivity index (χ0v) is 13.2. The topological polar surface area (TPSA) is 62.9 Å². The van der Waals surface area contributed by atoms with Crippen LogP contribution in [-0.2, 0) is 17.9 Å². The Morgan fingerprint density at radius 1 is 1.35 bits per heavy atom. The number of furan rings is 1. The van der Waals surface area contributed by atoms with Gasteiger partial charge in [0.05, 0.1) is 13.2 Å². The van der Waals surface area contributed by atoms with E-state index in [2.05, 4.69) is 0 Å². The minimum atomic E-state index is -0.0454. The number of nitrogens with zero attached hydrogens (tertiary/aromatic N) is 1.